The first-order valence-electron chi connectivity index (χ1n) is 13.4. The predicted octanol–water partition coefficient (Wildman–Crippen LogP) is 6.16. The molecule has 0 bridgehead atoms. The molecule has 1 fully saturated rings. The van der Waals surface area contributed by atoms with Crippen LogP contribution in [-0.4, -0.2) is 42.9 Å². The predicted molar refractivity (Wildman–Crippen MR) is 161 cm³/mol. The van der Waals surface area contributed by atoms with Gasteiger partial charge in [-0.05, 0) is 72.5 Å². The summed E-state index contributed by atoms with van der Waals surface area (Å²) in [6.07, 6.45) is 0.243. The maximum Gasteiger partial charge on any atom is 0.304 e. The van der Waals surface area contributed by atoms with Crippen LogP contribution in [0.1, 0.15) is 61.8 Å². The number of halogens is 2. The normalized spacial score (nSPS) is 21.5. The number of rotatable bonds is 10. The van der Waals surface area contributed by atoms with Crippen LogP contribution in [0.15, 0.2) is 77.7 Å². The Kier molecular flexibility index (Phi) is 9.63. The summed E-state index contributed by atoms with van der Waals surface area (Å²) in [6, 6.07) is 20.7. The van der Waals surface area contributed by atoms with Crippen molar-refractivity contribution in [1.82, 2.24) is 9.62 Å². The topological polar surface area (TPSA) is 128 Å². The molecular weight excluding hydrogens is 597 g/mol. The molecule has 0 spiro atoms. The van der Waals surface area contributed by atoms with Crippen molar-refractivity contribution in [3.63, 3.8) is 0 Å². The average Bonchev–Trinajstić information content (AvgIpc) is 2.95. The lowest BCUT2D eigenvalue weighted by atomic mass is 9.67. The van der Waals surface area contributed by atoms with Crippen LogP contribution in [0.3, 0.4) is 0 Å². The summed E-state index contributed by atoms with van der Waals surface area (Å²) < 4.78 is 29.0. The van der Waals surface area contributed by atoms with Crippen LogP contribution in [0.5, 0.6) is 0 Å². The minimum absolute atomic E-state index is 0.0110. The van der Waals surface area contributed by atoms with Crippen LogP contribution in [0.2, 0.25) is 10.0 Å². The summed E-state index contributed by atoms with van der Waals surface area (Å²) in [5.74, 6) is -1.82. The number of nitrogens with zero attached hydrogens (tertiary/aromatic N) is 2. The van der Waals surface area contributed by atoms with Crippen molar-refractivity contribution >= 4 is 45.1 Å². The number of nitriles is 1. The molecule has 220 valence electrons. The lowest BCUT2D eigenvalue weighted by Gasteiger charge is -2.52. The lowest BCUT2D eigenvalue weighted by molar-refractivity contribution is -0.160. The zero-order valence-electron chi connectivity index (χ0n) is 23.1. The van der Waals surface area contributed by atoms with E-state index in [-0.39, 0.29) is 36.1 Å². The minimum Gasteiger partial charge on any atom is -0.481 e. The molecule has 4 rings (SSSR count). The molecule has 1 unspecified atom stereocenters. The Balaban J connectivity index is 1.80. The molecule has 11 heteroatoms. The number of likely N-dealkylation sites (tertiary alicyclic amines) is 1. The monoisotopic (exact) mass is 627 g/mol. The molecule has 1 amide bonds. The van der Waals surface area contributed by atoms with Crippen molar-refractivity contribution in [3.8, 4) is 6.07 Å². The maximum atomic E-state index is 14.3. The van der Waals surface area contributed by atoms with Gasteiger partial charge in [-0.15, -0.1) is 0 Å². The fourth-order valence-electron chi connectivity index (χ4n) is 5.72. The quantitative estimate of drug-likeness (QED) is 0.277. The molecule has 0 aromatic heterocycles. The third-order valence-corrected chi connectivity index (χ3v) is 9.73. The summed E-state index contributed by atoms with van der Waals surface area (Å²) in [6.45, 7) is 3.39. The highest BCUT2D eigenvalue weighted by Crippen LogP contribution is 2.52. The third-order valence-electron chi connectivity index (χ3n) is 7.80. The number of sulfonamides is 1. The van der Waals surface area contributed by atoms with Gasteiger partial charge in [-0.1, -0.05) is 61.3 Å². The zero-order chi connectivity index (χ0) is 30.7. The van der Waals surface area contributed by atoms with Gasteiger partial charge >= 0.3 is 5.97 Å². The third kappa shape index (κ3) is 6.79. The number of carboxylic acid groups (broad SMARTS) is 1. The highest BCUT2D eigenvalue weighted by atomic mass is 35.5. The van der Waals surface area contributed by atoms with Crippen molar-refractivity contribution in [1.29, 1.82) is 5.26 Å². The second kappa shape index (κ2) is 12.8. The number of carbonyl (C=O) groups is 2. The zero-order valence-corrected chi connectivity index (χ0v) is 25.5. The Bertz CT molecular complexity index is 1610. The molecule has 1 aliphatic heterocycles. The summed E-state index contributed by atoms with van der Waals surface area (Å²) in [5, 5.41) is 19.9. The first kappa shape index (κ1) is 31.5. The van der Waals surface area contributed by atoms with E-state index in [4.69, 9.17) is 28.5 Å². The Hall–Kier alpha value is -3.42. The standard InChI is InChI=1S/C31H31Cl2N3O5S/c1-3-25(19-35-42(40,41)26-13-7-20(18-34)8-14-26)36-29(21-9-11-23(32)12-10-21)27(22-5-4-6-24(33)15-22)16-31(2,30(36)39)17-28(37)38/h4-15,25,27,29,35H,3,16-17,19H2,1-2H3,(H,37,38)/t25?,27-,29-,31-/m1/s1. The number of amides is 1. The van der Waals surface area contributed by atoms with Gasteiger partial charge < -0.3 is 10.0 Å². The molecule has 0 radical (unpaired) electrons. The van der Waals surface area contributed by atoms with Crippen LogP contribution in [-0.2, 0) is 19.6 Å². The summed E-state index contributed by atoms with van der Waals surface area (Å²) >= 11 is 12.6. The molecule has 0 aliphatic carbocycles. The van der Waals surface area contributed by atoms with Crippen LogP contribution >= 0.6 is 23.2 Å². The second-order valence-electron chi connectivity index (χ2n) is 10.8. The Morgan fingerprint density at radius 2 is 1.76 bits per heavy atom. The van der Waals surface area contributed by atoms with Crippen molar-refractivity contribution < 1.29 is 23.1 Å². The van der Waals surface area contributed by atoms with Gasteiger partial charge in [-0.3, -0.25) is 9.59 Å². The largest absolute Gasteiger partial charge is 0.481 e. The molecule has 1 saturated heterocycles. The highest BCUT2D eigenvalue weighted by molar-refractivity contribution is 7.89. The van der Waals surface area contributed by atoms with Gasteiger partial charge in [0.1, 0.15) is 0 Å². The smallest absolute Gasteiger partial charge is 0.304 e. The molecule has 2 N–H and O–H groups in total. The van der Waals surface area contributed by atoms with Gasteiger partial charge in [-0.2, -0.15) is 5.26 Å². The minimum atomic E-state index is -3.98. The molecule has 1 aliphatic rings. The number of nitrogens with one attached hydrogen (secondary N) is 1. The van der Waals surface area contributed by atoms with Gasteiger partial charge in [0.2, 0.25) is 15.9 Å². The van der Waals surface area contributed by atoms with Crippen molar-refractivity contribution in [3.05, 3.63) is 99.5 Å². The highest BCUT2D eigenvalue weighted by Gasteiger charge is 2.52. The van der Waals surface area contributed by atoms with Crippen molar-refractivity contribution in [2.45, 2.75) is 56.0 Å². The summed E-state index contributed by atoms with van der Waals surface area (Å²) in [4.78, 5) is 28.0. The van der Waals surface area contributed by atoms with Gasteiger partial charge in [-0.25, -0.2) is 13.1 Å². The Labute approximate surface area is 255 Å². The number of benzene rings is 3. The number of piperidine rings is 1. The molecule has 1 heterocycles. The van der Waals surface area contributed by atoms with Gasteiger partial charge in [0.15, 0.2) is 0 Å². The van der Waals surface area contributed by atoms with E-state index in [0.29, 0.717) is 22.0 Å². The molecule has 4 atom stereocenters. The Morgan fingerprint density at radius 3 is 2.33 bits per heavy atom. The van der Waals surface area contributed by atoms with E-state index < -0.39 is 33.5 Å². The maximum absolute atomic E-state index is 14.3. The van der Waals surface area contributed by atoms with E-state index in [9.17, 15) is 23.1 Å². The number of hydrogen-bond donors (Lipinski definition) is 2. The number of hydrogen-bond acceptors (Lipinski definition) is 5. The lowest BCUT2D eigenvalue weighted by Crippen LogP contribution is -2.58. The van der Waals surface area contributed by atoms with E-state index in [0.717, 1.165) is 11.1 Å². The SMILES string of the molecule is CCC(CNS(=O)(=O)c1ccc(C#N)cc1)N1C(=O)[C@@](C)(CC(=O)O)C[C@H](c2cccc(Cl)c2)[C@H]1c1ccc(Cl)cc1. The van der Waals surface area contributed by atoms with E-state index in [1.165, 1.54) is 24.3 Å². The van der Waals surface area contributed by atoms with Crippen LogP contribution in [0, 0.1) is 16.7 Å². The number of aliphatic carboxylic acids is 1. The van der Waals surface area contributed by atoms with Gasteiger partial charge in [0.05, 0.1) is 34.4 Å². The van der Waals surface area contributed by atoms with Gasteiger partial charge in [0, 0.05) is 28.5 Å². The molecular formula is C31H31Cl2N3O5S. The van der Waals surface area contributed by atoms with E-state index >= 15 is 0 Å². The molecule has 0 saturated carbocycles. The van der Waals surface area contributed by atoms with Crippen molar-refractivity contribution in [2.24, 2.45) is 5.41 Å². The van der Waals surface area contributed by atoms with E-state index in [1.54, 1.807) is 30.0 Å². The average molecular weight is 629 g/mol. The fourth-order valence-corrected chi connectivity index (χ4v) is 7.12. The van der Waals surface area contributed by atoms with E-state index in [1.807, 2.05) is 43.3 Å². The number of carboxylic acids is 1. The van der Waals surface area contributed by atoms with Crippen LogP contribution in [0.4, 0.5) is 0 Å². The first-order valence-corrected chi connectivity index (χ1v) is 15.7. The van der Waals surface area contributed by atoms with Crippen molar-refractivity contribution in [2.75, 3.05) is 6.54 Å². The second-order valence-corrected chi connectivity index (χ2v) is 13.4. The summed E-state index contributed by atoms with van der Waals surface area (Å²) in [7, 11) is -3.98. The number of carbonyl (C=O) groups excluding carboxylic acids is 1. The first-order chi connectivity index (χ1) is 19.9. The van der Waals surface area contributed by atoms with Crippen LogP contribution < -0.4 is 4.72 Å². The molecule has 3 aromatic rings. The summed E-state index contributed by atoms with van der Waals surface area (Å²) in [5.41, 5.74) is 0.684. The fraction of sp³-hybridized carbons (Fsp3) is 0.323. The molecule has 8 nitrogen and oxygen atoms in total. The Morgan fingerprint density at radius 1 is 1.10 bits per heavy atom. The molecule has 3 aromatic carbocycles. The van der Waals surface area contributed by atoms with E-state index in [2.05, 4.69) is 4.72 Å². The van der Waals surface area contributed by atoms with Crippen LogP contribution in [0.25, 0.3) is 0 Å². The van der Waals surface area contributed by atoms with Gasteiger partial charge in [0.25, 0.3) is 0 Å². The molecule has 42 heavy (non-hydrogen) atoms.